The Labute approximate surface area is 65.1 Å². The third kappa shape index (κ3) is 68.5. The van der Waals surface area contributed by atoms with Crippen LogP contribution in [0.2, 0.25) is 0 Å². The van der Waals surface area contributed by atoms with E-state index >= 15 is 0 Å². The SMILES string of the molecule is O=S(=O)(O)O.[Ca]. The summed E-state index contributed by atoms with van der Waals surface area (Å²) < 4.78 is 31.6. The van der Waals surface area contributed by atoms with E-state index < -0.39 is 10.4 Å². The normalized spacial score (nSPS) is 9.67. The Kier molecular flexibility index (Phi) is 5.38. The summed E-state index contributed by atoms with van der Waals surface area (Å²) in [5.74, 6) is 0. The minimum atomic E-state index is -4.67. The molecule has 0 saturated heterocycles. The predicted molar refractivity (Wildman–Crippen MR) is 19.9 cm³/mol. The average Bonchev–Trinajstić information content (AvgIpc) is 0.722. The van der Waals surface area contributed by atoms with Gasteiger partial charge in [-0.15, -0.1) is 0 Å². The van der Waals surface area contributed by atoms with Crippen LogP contribution < -0.4 is 0 Å². The van der Waals surface area contributed by atoms with Gasteiger partial charge in [0.15, 0.2) is 0 Å². The molecule has 0 amide bonds. The Bertz CT molecular complexity index is 90.7. The van der Waals surface area contributed by atoms with Gasteiger partial charge in [0.05, 0.1) is 0 Å². The van der Waals surface area contributed by atoms with E-state index in [4.69, 9.17) is 17.5 Å². The van der Waals surface area contributed by atoms with E-state index in [0.29, 0.717) is 0 Å². The first-order valence-corrected chi connectivity index (χ1v) is 2.10. The molecule has 0 aliphatic carbocycles. The van der Waals surface area contributed by atoms with Crippen LogP contribution in [0.5, 0.6) is 0 Å². The molecule has 0 aliphatic heterocycles. The zero-order valence-electron chi connectivity index (χ0n) is 2.83. The number of rotatable bonds is 0. The van der Waals surface area contributed by atoms with E-state index in [1.807, 2.05) is 0 Å². The molecule has 0 aromatic carbocycles. The fourth-order valence-corrected chi connectivity index (χ4v) is 0. The van der Waals surface area contributed by atoms with Crippen LogP contribution in [-0.2, 0) is 10.4 Å². The first-order valence-electron chi connectivity index (χ1n) is 0.698. The van der Waals surface area contributed by atoms with E-state index in [0.717, 1.165) is 0 Å². The summed E-state index contributed by atoms with van der Waals surface area (Å²) in [6.07, 6.45) is 0. The zero-order valence-corrected chi connectivity index (χ0v) is 5.85. The van der Waals surface area contributed by atoms with Gasteiger partial charge in [0, 0.05) is 37.7 Å². The molecule has 6 heteroatoms. The molecule has 6 heavy (non-hydrogen) atoms. The minimum absolute atomic E-state index is 0. The van der Waals surface area contributed by atoms with Gasteiger partial charge in [-0.2, -0.15) is 8.42 Å². The molecule has 0 unspecified atom stereocenters. The quantitative estimate of drug-likeness (QED) is 0.331. The Morgan fingerprint density at radius 3 is 1.17 bits per heavy atom. The predicted octanol–water partition coefficient (Wildman–Crippen LogP) is -1.03. The van der Waals surface area contributed by atoms with Gasteiger partial charge >= 0.3 is 10.4 Å². The van der Waals surface area contributed by atoms with Crippen LogP contribution in [0.25, 0.3) is 0 Å². The molecule has 0 heterocycles. The number of hydrogen-bond acceptors (Lipinski definition) is 2. The first-order chi connectivity index (χ1) is 2.00. The van der Waals surface area contributed by atoms with Crippen LogP contribution in [0, 0.1) is 0 Å². The van der Waals surface area contributed by atoms with Crippen molar-refractivity contribution in [3.63, 3.8) is 0 Å². The van der Waals surface area contributed by atoms with Crippen molar-refractivity contribution in [3.05, 3.63) is 0 Å². The average molecular weight is 138 g/mol. The molecule has 0 aliphatic rings. The van der Waals surface area contributed by atoms with Gasteiger partial charge < -0.3 is 0 Å². The molecule has 0 aromatic heterocycles. The van der Waals surface area contributed by atoms with E-state index in [9.17, 15) is 0 Å². The summed E-state index contributed by atoms with van der Waals surface area (Å²) in [6, 6.07) is 0. The van der Waals surface area contributed by atoms with Crippen LogP contribution in [0.3, 0.4) is 0 Å². The van der Waals surface area contributed by atoms with Crippen molar-refractivity contribution >= 4 is 48.1 Å². The summed E-state index contributed by atoms with van der Waals surface area (Å²) >= 11 is 0. The maximum atomic E-state index is 8.74. The zero-order chi connectivity index (χ0) is 4.50. The number of hydrogen-bond donors (Lipinski definition) is 2. The Balaban J connectivity index is 0. The maximum absolute atomic E-state index is 8.74. The molecule has 0 spiro atoms. The van der Waals surface area contributed by atoms with Crippen molar-refractivity contribution in [1.29, 1.82) is 0 Å². The van der Waals surface area contributed by atoms with E-state index in [-0.39, 0.29) is 37.7 Å². The van der Waals surface area contributed by atoms with Crippen molar-refractivity contribution in [3.8, 4) is 0 Å². The second-order valence-corrected chi connectivity index (χ2v) is 1.34. The maximum Gasteiger partial charge on any atom is 0.394 e. The van der Waals surface area contributed by atoms with Crippen molar-refractivity contribution in [2.24, 2.45) is 0 Å². The van der Waals surface area contributed by atoms with Gasteiger partial charge in [0.2, 0.25) is 0 Å². The van der Waals surface area contributed by atoms with E-state index in [2.05, 4.69) is 0 Å². The van der Waals surface area contributed by atoms with Crippen LogP contribution in [0.15, 0.2) is 0 Å². The fraction of sp³-hybridized carbons (Fsp3) is 0. The first kappa shape index (κ1) is 10.2. The second-order valence-electron chi connectivity index (χ2n) is 0.448. The van der Waals surface area contributed by atoms with Crippen LogP contribution >= 0.6 is 0 Å². The molecule has 0 atom stereocenters. The summed E-state index contributed by atoms with van der Waals surface area (Å²) in [5, 5.41) is 0. The molecule has 34 valence electrons. The van der Waals surface area contributed by atoms with Gasteiger partial charge in [-0.05, 0) is 0 Å². The smallest absolute Gasteiger partial charge is 0.264 e. The van der Waals surface area contributed by atoms with Gasteiger partial charge in [-0.25, -0.2) is 0 Å². The molecule has 2 N–H and O–H groups in total. The van der Waals surface area contributed by atoms with Crippen molar-refractivity contribution < 1.29 is 17.5 Å². The molecular formula is H2CaO4S. The summed E-state index contributed by atoms with van der Waals surface area (Å²) in [5.41, 5.74) is 0. The molecule has 0 saturated carbocycles. The van der Waals surface area contributed by atoms with Gasteiger partial charge in [-0.3, -0.25) is 9.11 Å². The molecule has 2 radical (unpaired) electrons. The van der Waals surface area contributed by atoms with Crippen LogP contribution in [-0.4, -0.2) is 55.3 Å². The minimum Gasteiger partial charge on any atom is -0.264 e. The molecule has 0 aromatic rings. The molecule has 0 rings (SSSR count). The molecular weight excluding hydrogens is 136 g/mol. The standard InChI is InChI=1S/Ca.H2O4S/c;1-5(2,3)4/h;(H2,1,2,3,4). The fourth-order valence-electron chi connectivity index (χ4n) is 0. The van der Waals surface area contributed by atoms with E-state index in [1.54, 1.807) is 0 Å². The van der Waals surface area contributed by atoms with Crippen molar-refractivity contribution in [2.75, 3.05) is 0 Å². The van der Waals surface area contributed by atoms with Gasteiger partial charge in [0.25, 0.3) is 0 Å². The largest absolute Gasteiger partial charge is 0.394 e. The van der Waals surface area contributed by atoms with Crippen molar-refractivity contribution in [2.45, 2.75) is 0 Å². The summed E-state index contributed by atoms with van der Waals surface area (Å²) in [4.78, 5) is 0. The third-order valence-corrected chi connectivity index (χ3v) is 0. The Hall–Kier alpha value is 1.13. The summed E-state index contributed by atoms with van der Waals surface area (Å²) in [7, 11) is -4.67. The Morgan fingerprint density at radius 1 is 1.17 bits per heavy atom. The summed E-state index contributed by atoms with van der Waals surface area (Å²) in [6.45, 7) is 0. The Morgan fingerprint density at radius 2 is 1.17 bits per heavy atom. The van der Waals surface area contributed by atoms with E-state index in [1.165, 1.54) is 0 Å². The monoisotopic (exact) mass is 138 g/mol. The van der Waals surface area contributed by atoms with Crippen LogP contribution in [0.4, 0.5) is 0 Å². The molecule has 0 fully saturated rings. The van der Waals surface area contributed by atoms with Gasteiger partial charge in [-0.1, -0.05) is 0 Å². The third-order valence-electron chi connectivity index (χ3n) is 0. The van der Waals surface area contributed by atoms with Crippen LogP contribution in [0.1, 0.15) is 0 Å². The molecule has 4 nitrogen and oxygen atoms in total. The molecule has 0 bridgehead atoms. The van der Waals surface area contributed by atoms with Gasteiger partial charge in [0.1, 0.15) is 0 Å². The van der Waals surface area contributed by atoms with Crippen molar-refractivity contribution in [1.82, 2.24) is 0 Å². The second kappa shape index (κ2) is 3.17. The topological polar surface area (TPSA) is 74.6 Å².